The molecule has 0 atom stereocenters. The van der Waals surface area contributed by atoms with Gasteiger partial charge in [-0.15, -0.1) is 0 Å². The van der Waals surface area contributed by atoms with Crippen molar-refractivity contribution in [1.82, 2.24) is 9.80 Å². The van der Waals surface area contributed by atoms with Crippen LogP contribution in [0.4, 0.5) is 5.69 Å². The highest BCUT2D eigenvalue weighted by molar-refractivity contribution is 5.96. The summed E-state index contributed by atoms with van der Waals surface area (Å²) in [5.74, 6) is 0.402. The summed E-state index contributed by atoms with van der Waals surface area (Å²) in [7, 11) is 1.34. The van der Waals surface area contributed by atoms with Crippen molar-refractivity contribution in [2.45, 2.75) is 20.4 Å². The molecule has 0 bridgehead atoms. The van der Waals surface area contributed by atoms with Crippen LogP contribution in [0.3, 0.4) is 0 Å². The number of carbonyl (C=O) groups excluding carboxylic acids is 2. The molecule has 1 fully saturated rings. The largest absolute Gasteiger partial charge is 0.494 e. The van der Waals surface area contributed by atoms with Gasteiger partial charge in [-0.25, -0.2) is 4.79 Å². The normalized spacial score (nSPS) is 14.8. The maximum atomic E-state index is 12.5. The number of methoxy groups -OCH3 is 1. The zero-order valence-electron chi connectivity index (χ0n) is 18.5. The summed E-state index contributed by atoms with van der Waals surface area (Å²) in [6, 6.07) is 13.4. The lowest BCUT2D eigenvalue weighted by molar-refractivity contribution is -0.117. The van der Waals surface area contributed by atoms with E-state index in [1.165, 1.54) is 12.7 Å². The second-order valence-corrected chi connectivity index (χ2v) is 7.70. The molecule has 7 heteroatoms. The van der Waals surface area contributed by atoms with E-state index >= 15 is 0 Å². The number of benzene rings is 2. The Morgan fingerprint density at radius 2 is 1.68 bits per heavy atom. The molecule has 1 aliphatic rings. The minimum absolute atomic E-state index is 0.0786. The predicted octanol–water partition coefficient (Wildman–Crippen LogP) is 2.94. The van der Waals surface area contributed by atoms with E-state index in [0.717, 1.165) is 44.0 Å². The van der Waals surface area contributed by atoms with E-state index in [1.54, 1.807) is 12.1 Å². The van der Waals surface area contributed by atoms with Gasteiger partial charge in [0.1, 0.15) is 5.75 Å². The Bertz CT molecular complexity index is 890. The maximum Gasteiger partial charge on any atom is 0.337 e. The van der Waals surface area contributed by atoms with E-state index in [4.69, 9.17) is 9.47 Å². The molecular formula is C24H31N3O4. The average Bonchev–Trinajstić information content (AvgIpc) is 2.77. The van der Waals surface area contributed by atoms with Crippen LogP contribution in [-0.4, -0.2) is 68.1 Å². The first-order valence-corrected chi connectivity index (χ1v) is 10.6. The quantitative estimate of drug-likeness (QED) is 0.656. The number of anilines is 1. The van der Waals surface area contributed by atoms with Gasteiger partial charge in [0.05, 0.1) is 25.8 Å². The van der Waals surface area contributed by atoms with Gasteiger partial charge in [0.15, 0.2) is 0 Å². The first-order valence-electron chi connectivity index (χ1n) is 10.6. The van der Waals surface area contributed by atoms with Crippen LogP contribution in [0, 0.1) is 6.92 Å². The lowest BCUT2D eigenvalue weighted by atomic mass is 10.1. The van der Waals surface area contributed by atoms with Gasteiger partial charge < -0.3 is 14.8 Å². The molecule has 0 radical (unpaired) electrons. The number of amides is 1. The van der Waals surface area contributed by atoms with Crippen LogP contribution >= 0.6 is 0 Å². The molecule has 1 heterocycles. The Morgan fingerprint density at radius 1 is 1.00 bits per heavy atom. The van der Waals surface area contributed by atoms with Crippen molar-refractivity contribution in [3.63, 3.8) is 0 Å². The molecule has 7 nitrogen and oxygen atoms in total. The van der Waals surface area contributed by atoms with Crippen LogP contribution in [0.15, 0.2) is 42.5 Å². The van der Waals surface area contributed by atoms with E-state index in [1.807, 2.05) is 32.0 Å². The third kappa shape index (κ3) is 6.54. The summed E-state index contributed by atoms with van der Waals surface area (Å²) < 4.78 is 10.3. The van der Waals surface area contributed by atoms with Crippen molar-refractivity contribution < 1.29 is 19.1 Å². The van der Waals surface area contributed by atoms with Gasteiger partial charge in [0, 0.05) is 38.4 Å². The average molecular weight is 426 g/mol. The molecule has 0 spiro atoms. The molecule has 1 N–H and O–H groups in total. The molecule has 166 valence electrons. The lowest BCUT2D eigenvalue weighted by Crippen LogP contribution is -2.48. The van der Waals surface area contributed by atoms with Crippen molar-refractivity contribution in [2.75, 3.05) is 51.8 Å². The van der Waals surface area contributed by atoms with Gasteiger partial charge in [-0.3, -0.25) is 14.6 Å². The summed E-state index contributed by atoms with van der Waals surface area (Å²) in [6.45, 7) is 9.28. The number of hydrogen-bond donors (Lipinski definition) is 1. The number of rotatable bonds is 8. The van der Waals surface area contributed by atoms with Gasteiger partial charge in [-0.1, -0.05) is 18.2 Å². The van der Waals surface area contributed by atoms with Crippen LogP contribution in [0.2, 0.25) is 0 Å². The number of nitrogens with zero attached hydrogens (tertiary/aromatic N) is 2. The maximum absolute atomic E-state index is 12.5. The Morgan fingerprint density at radius 3 is 2.32 bits per heavy atom. The molecule has 3 rings (SSSR count). The number of nitrogens with one attached hydrogen (secondary N) is 1. The number of aryl methyl sites for hydroxylation is 1. The Balaban J connectivity index is 1.46. The third-order valence-electron chi connectivity index (χ3n) is 5.41. The smallest absolute Gasteiger partial charge is 0.337 e. The first kappa shape index (κ1) is 22.8. The summed E-state index contributed by atoms with van der Waals surface area (Å²) in [6.07, 6.45) is 0. The number of carbonyl (C=O) groups is 2. The number of piperazine rings is 1. The minimum atomic E-state index is -0.417. The van der Waals surface area contributed by atoms with E-state index in [9.17, 15) is 9.59 Å². The van der Waals surface area contributed by atoms with Crippen LogP contribution < -0.4 is 10.1 Å². The molecule has 1 saturated heterocycles. The predicted molar refractivity (Wildman–Crippen MR) is 120 cm³/mol. The topological polar surface area (TPSA) is 71.1 Å². The van der Waals surface area contributed by atoms with Crippen molar-refractivity contribution >= 4 is 17.6 Å². The summed E-state index contributed by atoms with van der Waals surface area (Å²) in [5, 5.41) is 2.93. The summed E-state index contributed by atoms with van der Waals surface area (Å²) in [4.78, 5) is 28.8. The molecule has 31 heavy (non-hydrogen) atoms. The van der Waals surface area contributed by atoms with Crippen molar-refractivity contribution in [3.8, 4) is 5.75 Å². The van der Waals surface area contributed by atoms with E-state index in [-0.39, 0.29) is 5.91 Å². The van der Waals surface area contributed by atoms with E-state index < -0.39 is 5.97 Å². The molecule has 2 aromatic rings. The highest BCUT2D eigenvalue weighted by Gasteiger charge is 2.19. The van der Waals surface area contributed by atoms with Crippen LogP contribution in [0.25, 0.3) is 0 Å². The number of hydrogen-bond acceptors (Lipinski definition) is 6. The highest BCUT2D eigenvalue weighted by Crippen LogP contribution is 2.18. The molecule has 0 saturated carbocycles. The fraction of sp³-hybridized carbons (Fsp3) is 0.417. The number of ether oxygens (including phenoxy) is 2. The first-order chi connectivity index (χ1) is 15.0. The van der Waals surface area contributed by atoms with Gasteiger partial charge in [0.2, 0.25) is 5.91 Å². The van der Waals surface area contributed by atoms with E-state index in [2.05, 4.69) is 27.2 Å². The zero-order chi connectivity index (χ0) is 22.2. The van der Waals surface area contributed by atoms with Crippen molar-refractivity contribution in [3.05, 3.63) is 59.2 Å². The summed E-state index contributed by atoms with van der Waals surface area (Å²) in [5.41, 5.74) is 3.23. The van der Waals surface area contributed by atoms with Gasteiger partial charge in [-0.2, -0.15) is 0 Å². The molecule has 0 unspecified atom stereocenters. The zero-order valence-corrected chi connectivity index (χ0v) is 18.5. The molecule has 1 aliphatic heterocycles. The Hall–Kier alpha value is -2.90. The fourth-order valence-electron chi connectivity index (χ4n) is 3.62. The lowest BCUT2D eigenvalue weighted by Gasteiger charge is -2.34. The fourth-order valence-corrected chi connectivity index (χ4v) is 3.62. The van der Waals surface area contributed by atoms with E-state index in [0.29, 0.717) is 24.4 Å². The minimum Gasteiger partial charge on any atom is -0.494 e. The van der Waals surface area contributed by atoms with Gasteiger partial charge in [0.25, 0.3) is 0 Å². The standard InChI is InChI=1S/C24H31N3O4/c1-4-31-21-9-6-19(7-10-21)16-26-11-13-27(14-12-26)17-23(28)25-22-15-20(24(29)30-3)8-5-18(22)2/h5-10,15H,4,11-14,16-17H2,1-3H3,(H,25,28). The molecular weight excluding hydrogens is 394 g/mol. The van der Waals surface area contributed by atoms with Crippen LogP contribution in [0.1, 0.15) is 28.4 Å². The van der Waals surface area contributed by atoms with Crippen LogP contribution in [0.5, 0.6) is 5.75 Å². The van der Waals surface area contributed by atoms with Crippen LogP contribution in [-0.2, 0) is 16.1 Å². The molecule has 1 amide bonds. The second-order valence-electron chi connectivity index (χ2n) is 7.70. The Labute approximate surface area is 183 Å². The van der Waals surface area contributed by atoms with Crippen molar-refractivity contribution in [2.24, 2.45) is 0 Å². The van der Waals surface area contributed by atoms with Gasteiger partial charge >= 0.3 is 5.97 Å². The van der Waals surface area contributed by atoms with Gasteiger partial charge in [-0.05, 0) is 49.2 Å². The monoisotopic (exact) mass is 425 g/mol. The number of esters is 1. The molecule has 0 aromatic heterocycles. The second kappa shape index (κ2) is 10.9. The highest BCUT2D eigenvalue weighted by atomic mass is 16.5. The molecule has 0 aliphatic carbocycles. The SMILES string of the molecule is CCOc1ccc(CN2CCN(CC(=O)Nc3cc(C(=O)OC)ccc3C)CC2)cc1. The third-order valence-corrected chi connectivity index (χ3v) is 5.41. The Kier molecular flexibility index (Phi) is 8.03. The van der Waals surface area contributed by atoms with Crippen molar-refractivity contribution in [1.29, 1.82) is 0 Å². The molecule has 2 aromatic carbocycles. The summed E-state index contributed by atoms with van der Waals surface area (Å²) >= 11 is 0.